The number of benzene rings is 1. The third kappa shape index (κ3) is 3.29. The van der Waals surface area contributed by atoms with E-state index in [9.17, 15) is 9.18 Å². The van der Waals surface area contributed by atoms with Crippen molar-refractivity contribution in [3.63, 3.8) is 0 Å². The number of nitrogens with zero attached hydrogens (tertiary/aromatic N) is 4. The van der Waals surface area contributed by atoms with E-state index in [0.717, 1.165) is 25.9 Å². The van der Waals surface area contributed by atoms with Crippen molar-refractivity contribution in [2.45, 2.75) is 25.8 Å². The number of hydrogen-bond donors (Lipinski definition) is 2. The zero-order valence-corrected chi connectivity index (χ0v) is 15.7. The van der Waals surface area contributed by atoms with Gasteiger partial charge in [-0.1, -0.05) is 0 Å². The number of nitrogens with one attached hydrogen (secondary N) is 1. The standard InChI is InChI=1S/C19H21FN6O2/c1-10-24-17-13(20)7-11(8-14(17)28-10)16-18(19(21)27)23-9-15(25-16)26(2)12-3-5-22-6-4-12/h7-9,12,22H,3-6H2,1-2H3,(H2,21,27). The minimum Gasteiger partial charge on any atom is -0.441 e. The molecule has 8 nitrogen and oxygen atoms in total. The van der Waals surface area contributed by atoms with Crippen molar-refractivity contribution in [2.24, 2.45) is 5.73 Å². The number of aromatic nitrogens is 3. The molecule has 1 amide bonds. The van der Waals surface area contributed by atoms with Gasteiger partial charge in [0.05, 0.1) is 6.20 Å². The molecular formula is C19H21FN6O2. The number of primary amides is 1. The molecule has 0 saturated carbocycles. The van der Waals surface area contributed by atoms with Gasteiger partial charge in [0.2, 0.25) is 0 Å². The molecule has 0 spiro atoms. The van der Waals surface area contributed by atoms with E-state index < -0.39 is 11.7 Å². The Balaban J connectivity index is 1.81. The summed E-state index contributed by atoms with van der Waals surface area (Å²) in [4.78, 5) is 26.8. The van der Waals surface area contributed by atoms with Crippen molar-refractivity contribution in [2.75, 3.05) is 25.0 Å². The normalized spacial score (nSPS) is 15.1. The van der Waals surface area contributed by atoms with Crippen LogP contribution in [0.2, 0.25) is 0 Å². The summed E-state index contributed by atoms with van der Waals surface area (Å²) in [6, 6.07) is 3.18. The summed E-state index contributed by atoms with van der Waals surface area (Å²) in [6.07, 6.45) is 3.48. The first-order valence-corrected chi connectivity index (χ1v) is 9.11. The van der Waals surface area contributed by atoms with Crippen molar-refractivity contribution >= 4 is 22.8 Å². The van der Waals surface area contributed by atoms with Crippen LogP contribution in [0, 0.1) is 12.7 Å². The molecule has 1 aromatic carbocycles. The van der Waals surface area contributed by atoms with Crippen molar-refractivity contribution in [3.05, 3.63) is 35.7 Å². The van der Waals surface area contributed by atoms with Crippen LogP contribution in [0.5, 0.6) is 0 Å². The molecule has 1 aliphatic heterocycles. The van der Waals surface area contributed by atoms with Gasteiger partial charge in [0, 0.05) is 25.6 Å². The lowest BCUT2D eigenvalue weighted by Crippen LogP contribution is -2.41. The average Bonchev–Trinajstić information content (AvgIpc) is 3.08. The van der Waals surface area contributed by atoms with Crippen LogP contribution in [0.3, 0.4) is 0 Å². The largest absolute Gasteiger partial charge is 0.441 e. The first-order chi connectivity index (χ1) is 13.4. The molecule has 0 atom stereocenters. The van der Waals surface area contributed by atoms with Gasteiger partial charge in [-0.25, -0.2) is 19.3 Å². The lowest BCUT2D eigenvalue weighted by molar-refractivity contribution is 0.0996. The number of fused-ring (bicyclic) bond motifs is 1. The molecule has 1 aliphatic rings. The fourth-order valence-corrected chi connectivity index (χ4v) is 3.55. The summed E-state index contributed by atoms with van der Waals surface area (Å²) in [6.45, 7) is 3.51. The number of halogens is 1. The number of amides is 1. The number of oxazole rings is 1. The van der Waals surface area contributed by atoms with Gasteiger partial charge in [0.1, 0.15) is 17.0 Å². The van der Waals surface area contributed by atoms with Gasteiger partial charge < -0.3 is 20.4 Å². The number of carbonyl (C=O) groups excluding carboxylic acids is 1. The maximum absolute atomic E-state index is 14.5. The molecule has 28 heavy (non-hydrogen) atoms. The Morgan fingerprint density at radius 1 is 1.32 bits per heavy atom. The van der Waals surface area contributed by atoms with E-state index in [1.807, 2.05) is 11.9 Å². The van der Waals surface area contributed by atoms with E-state index >= 15 is 0 Å². The molecule has 0 aliphatic carbocycles. The van der Waals surface area contributed by atoms with Gasteiger partial charge in [0.15, 0.2) is 23.0 Å². The second-order valence-electron chi connectivity index (χ2n) is 6.92. The van der Waals surface area contributed by atoms with E-state index in [0.29, 0.717) is 23.3 Å². The Morgan fingerprint density at radius 3 is 2.79 bits per heavy atom. The molecule has 0 bridgehead atoms. The number of nitrogens with two attached hydrogens (primary N) is 1. The summed E-state index contributed by atoms with van der Waals surface area (Å²) in [7, 11) is 1.94. The number of aryl methyl sites for hydroxylation is 1. The van der Waals surface area contributed by atoms with Crippen molar-refractivity contribution in [1.82, 2.24) is 20.3 Å². The Hall–Kier alpha value is -3.07. The summed E-state index contributed by atoms with van der Waals surface area (Å²) < 4.78 is 20.0. The second kappa shape index (κ2) is 7.16. The monoisotopic (exact) mass is 384 g/mol. The van der Waals surface area contributed by atoms with Gasteiger partial charge in [-0.05, 0) is 38.1 Å². The van der Waals surface area contributed by atoms with E-state index in [2.05, 4.69) is 20.3 Å². The van der Waals surface area contributed by atoms with E-state index in [1.165, 1.54) is 12.3 Å². The fourth-order valence-electron chi connectivity index (χ4n) is 3.55. The van der Waals surface area contributed by atoms with Gasteiger partial charge in [-0.2, -0.15) is 0 Å². The lowest BCUT2D eigenvalue weighted by atomic mass is 10.1. The number of hydrogen-bond acceptors (Lipinski definition) is 7. The van der Waals surface area contributed by atoms with Crippen LogP contribution in [-0.4, -0.2) is 47.0 Å². The first-order valence-electron chi connectivity index (χ1n) is 9.11. The topological polar surface area (TPSA) is 110 Å². The van der Waals surface area contributed by atoms with Crippen LogP contribution in [0.4, 0.5) is 10.2 Å². The molecule has 1 saturated heterocycles. The summed E-state index contributed by atoms with van der Waals surface area (Å²) >= 11 is 0. The highest BCUT2D eigenvalue weighted by molar-refractivity contribution is 5.97. The molecule has 3 aromatic rings. The van der Waals surface area contributed by atoms with Crippen LogP contribution >= 0.6 is 0 Å². The Labute approximate surface area is 161 Å². The zero-order valence-electron chi connectivity index (χ0n) is 15.7. The average molecular weight is 384 g/mol. The fraction of sp³-hybridized carbons (Fsp3) is 0.368. The first kappa shape index (κ1) is 18.3. The maximum atomic E-state index is 14.5. The molecule has 3 N–H and O–H groups in total. The molecule has 1 fully saturated rings. The smallest absolute Gasteiger partial charge is 0.269 e. The molecule has 146 valence electrons. The van der Waals surface area contributed by atoms with Gasteiger partial charge in [-0.3, -0.25) is 4.79 Å². The van der Waals surface area contributed by atoms with Crippen LogP contribution < -0.4 is 16.0 Å². The van der Waals surface area contributed by atoms with Crippen molar-refractivity contribution in [1.29, 1.82) is 0 Å². The maximum Gasteiger partial charge on any atom is 0.269 e. The molecule has 4 rings (SSSR count). The molecule has 9 heteroatoms. The number of piperidine rings is 1. The van der Waals surface area contributed by atoms with Crippen LogP contribution in [0.15, 0.2) is 22.7 Å². The SMILES string of the molecule is Cc1nc2c(F)cc(-c3nc(N(C)C4CCNCC4)cnc3C(N)=O)cc2o1. The highest BCUT2D eigenvalue weighted by Gasteiger charge is 2.23. The van der Waals surface area contributed by atoms with E-state index in [-0.39, 0.29) is 22.5 Å². The highest BCUT2D eigenvalue weighted by atomic mass is 19.1. The number of anilines is 1. The van der Waals surface area contributed by atoms with Crippen molar-refractivity contribution in [3.8, 4) is 11.3 Å². The van der Waals surface area contributed by atoms with Crippen molar-refractivity contribution < 1.29 is 13.6 Å². The predicted molar refractivity (Wildman–Crippen MR) is 103 cm³/mol. The number of rotatable bonds is 4. The quantitative estimate of drug-likeness (QED) is 0.708. The third-order valence-electron chi connectivity index (χ3n) is 5.04. The third-order valence-corrected chi connectivity index (χ3v) is 5.04. The summed E-state index contributed by atoms with van der Waals surface area (Å²) in [5.41, 5.74) is 6.47. The number of carbonyl (C=O) groups is 1. The molecule has 0 unspecified atom stereocenters. The van der Waals surface area contributed by atoms with Crippen LogP contribution in [0.1, 0.15) is 29.2 Å². The highest BCUT2D eigenvalue weighted by Crippen LogP contribution is 2.29. The van der Waals surface area contributed by atoms with E-state index in [1.54, 1.807) is 13.0 Å². The molecule has 2 aromatic heterocycles. The van der Waals surface area contributed by atoms with Crippen LogP contribution in [0.25, 0.3) is 22.4 Å². The van der Waals surface area contributed by atoms with Crippen LogP contribution in [-0.2, 0) is 0 Å². The Bertz CT molecular complexity index is 1040. The Morgan fingerprint density at radius 2 is 2.07 bits per heavy atom. The summed E-state index contributed by atoms with van der Waals surface area (Å²) in [5.74, 6) is -0.334. The Kier molecular flexibility index (Phi) is 4.68. The molecule has 0 radical (unpaired) electrons. The lowest BCUT2D eigenvalue weighted by Gasteiger charge is -2.32. The van der Waals surface area contributed by atoms with E-state index in [4.69, 9.17) is 10.2 Å². The molecule has 3 heterocycles. The predicted octanol–water partition coefficient (Wildman–Crippen LogP) is 2.02. The summed E-state index contributed by atoms with van der Waals surface area (Å²) in [5, 5.41) is 3.33. The van der Waals surface area contributed by atoms with Gasteiger partial charge in [-0.15, -0.1) is 0 Å². The zero-order chi connectivity index (χ0) is 19.8. The van der Waals surface area contributed by atoms with Gasteiger partial charge >= 0.3 is 0 Å². The molecular weight excluding hydrogens is 363 g/mol. The minimum atomic E-state index is -0.729. The minimum absolute atomic E-state index is 0.0163. The van der Waals surface area contributed by atoms with Gasteiger partial charge in [0.25, 0.3) is 5.91 Å². The second-order valence-corrected chi connectivity index (χ2v) is 6.92.